The van der Waals surface area contributed by atoms with Crippen LogP contribution in [0.15, 0.2) is 36.9 Å². The van der Waals surface area contributed by atoms with Crippen molar-refractivity contribution in [3.63, 3.8) is 0 Å². The first-order valence-electron chi connectivity index (χ1n) is 5.28. The first kappa shape index (κ1) is 12.3. The van der Waals surface area contributed by atoms with Gasteiger partial charge in [0.2, 0.25) is 0 Å². The summed E-state index contributed by atoms with van der Waals surface area (Å²) in [5, 5.41) is 0. The third-order valence-electron chi connectivity index (χ3n) is 2.35. The number of hydrogen-bond acceptors (Lipinski definition) is 3. The van der Waals surface area contributed by atoms with E-state index in [1.807, 2.05) is 19.2 Å². The van der Waals surface area contributed by atoms with E-state index in [1.165, 1.54) is 0 Å². The predicted octanol–water partition coefficient (Wildman–Crippen LogP) is 2.49. The molecule has 0 N–H and O–H groups in total. The van der Waals surface area contributed by atoms with Crippen LogP contribution in [0.2, 0.25) is 0 Å². The molecule has 86 valence electrons. The smallest absolute Gasteiger partial charge is 0.338 e. The third kappa shape index (κ3) is 3.12. The fraction of sp³-hybridized carbons (Fsp3) is 0.308. The van der Waals surface area contributed by atoms with Crippen LogP contribution >= 0.6 is 0 Å². The van der Waals surface area contributed by atoms with Crippen LogP contribution < -0.4 is 4.90 Å². The van der Waals surface area contributed by atoms with Gasteiger partial charge < -0.3 is 9.64 Å². The lowest BCUT2D eigenvalue weighted by Gasteiger charge is -2.16. The van der Waals surface area contributed by atoms with Gasteiger partial charge in [-0.15, -0.1) is 0 Å². The van der Waals surface area contributed by atoms with Crippen molar-refractivity contribution in [3.8, 4) is 0 Å². The minimum absolute atomic E-state index is 0.245. The SMILES string of the molecule is C=CCOC(=O)c1ccc(N(C)CC)cc1. The van der Waals surface area contributed by atoms with Gasteiger partial charge in [0.05, 0.1) is 5.56 Å². The predicted molar refractivity (Wildman–Crippen MR) is 65.9 cm³/mol. The minimum Gasteiger partial charge on any atom is -0.458 e. The Kier molecular flexibility index (Phi) is 4.58. The molecule has 0 saturated carbocycles. The van der Waals surface area contributed by atoms with Gasteiger partial charge in [-0.2, -0.15) is 0 Å². The number of esters is 1. The number of hydrogen-bond donors (Lipinski definition) is 0. The molecule has 1 rings (SSSR count). The van der Waals surface area contributed by atoms with Crippen molar-refractivity contribution in [2.75, 3.05) is 25.1 Å². The van der Waals surface area contributed by atoms with E-state index in [9.17, 15) is 4.79 Å². The Labute approximate surface area is 96.3 Å². The van der Waals surface area contributed by atoms with Crippen molar-refractivity contribution in [3.05, 3.63) is 42.5 Å². The largest absolute Gasteiger partial charge is 0.458 e. The second-order valence-corrected chi connectivity index (χ2v) is 3.45. The van der Waals surface area contributed by atoms with Crippen LogP contribution in [0, 0.1) is 0 Å². The van der Waals surface area contributed by atoms with Crippen molar-refractivity contribution in [2.24, 2.45) is 0 Å². The van der Waals surface area contributed by atoms with E-state index in [-0.39, 0.29) is 12.6 Å². The molecule has 1 aromatic rings. The molecule has 0 heterocycles. The van der Waals surface area contributed by atoms with Crippen molar-refractivity contribution in [2.45, 2.75) is 6.92 Å². The molecule has 16 heavy (non-hydrogen) atoms. The van der Waals surface area contributed by atoms with Crippen LogP contribution in [0.3, 0.4) is 0 Å². The zero-order valence-corrected chi connectivity index (χ0v) is 9.77. The van der Waals surface area contributed by atoms with E-state index < -0.39 is 0 Å². The third-order valence-corrected chi connectivity index (χ3v) is 2.35. The Bertz CT molecular complexity index is 357. The van der Waals surface area contributed by atoms with E-state index in [0.717, 1.165) is 12.2 Å². The quantitative estimate of drug-likeness (QED) is 0.563. The van der Waals surface area contributed by atoms with Crippen LogP contribution in [-0.2, 0) is 4.74 Å². The molecule has 0 aliphatic rings. The molecule has 0 fully saturated rings. The standard InChI is InChI=1S/C13H17NO2/c1-4-10-16-13(15)11-6-8-12(9-7-11)14(3)5-2/h4,6-9H,1,5,10H2,2-3H3. The van der Waals surface area contributed by atoms with Gasteiger partial charge in [-0.25, -0.2) is 4.79 Å². The van der Waals surface area contributed by atoms with E-state index in [2.05, 4.69) is 18.4 Å². The Morgan fingerprint density at radius 3 is 2.56 bits per heavy atom. The van der Waals surface area contributed by atoms with Gasteiger partial charge in [0.25, 0.3) is 0 Å². The fourth-order valence-electron chi connectivity index (χ4n) is 1.25. The summed E-state index contributed by atoms with van der Waals surface area (Å²) in [5.41, 5.74) is 1.65. The number of benzene rings is 1. The highest BCUT2D eigenvalue weighted by atomic mass is 16.5. The van der Waals surface area contributed by atoms with Crippen molar-refractivity contribution in [1.29, 1.82) is 0 Å². The second-order valence-electron chi connectivity index (χ2n) is 3.45. The molecule has 0 aliphatic heterocycles. The first-order valence-corrected chi connectivity index (χ1v) is 5.28. The number of carbonyl (C=O) groups is 1. The monoisotopic (exact) mass is 219 g/mol. The van der Waals surface area contributed by atoms with E-state index in [1.54, 1.807) is 18.2 Å². The van der Waals surface area contributed by atoms with Gasteiger partial charge in [0.15, 0.2) is 0 Å². The van der Waals surface area contributed by atoms with Crippen LogP contribution in [0.5, 0.6) is 0 Å². The fourth-order valence-corrected chi connectivity index (χ4v) is 1.25. The molecular formula is C13H17NO2. The summed E-state index contributed by atoms with van der Waals surface area (Å²) in [6, 6.07) is 7.36. The summed E-state index contributed by atoms with van der Waals surface area (Å²) >= 11 is 0. The lowest BCUT2D eigenvalue weighted by Crippen LogP contribution is -2.15. The van der Waals surface area contributed by atoms with Gasteiger partial charge in [-0.05, 0) is 31.2 Å². The van der Waals surface area contributed by atoms with Crippen LogP contribution in [0.25, 0.3) is 0 Å². The first-order chi connectivity index (χ1) is 7.69. The zero-order valence-electron chi connectivity index (χ0n) is 9.77. The summed E-state index contributed by atoms with van der Waals surface area (Å²) in [6.07, 6.45) is 1.55. The highest BCUT2D eigenvalue weighted by molar-refractivity contribution is 5.89. The van der Waals surface area contributed by atoms with E-state index in [0.29, 0.717) is 5.56 Å². The summed E-state index contributed by atoms with van der Waals surface area (Å²) in [4.78, 5) is 13.6. The van der Waals surface area contributed by atoms with Crippen LogP contribution in [-0.4, -0.2) is 26.2 Å². The summed E-state index contributed by atoms with van der Waals surface area (Å²) in [6.45, 7) is 6.74. The molecule has 0 aromatic heterocycles. The summed E-state index contributed by atoms with van der Waals surface area (Å²) in [5.74, 6) is -0.314. The normalized spacial score (nSPS) is 9.62. The lowest BCUT2D eigenvalue weighted by atomic mass is 10.2. The maximum atomic E-state index is 11.5. The summed E-state index contributed by atoms with van der Waals surface area (Å²) < 4.78 is 4.93. The Hall–Kier alpha value is -1.77. The van der Waals surface area contributed by atoms with Crippen LogP contribution in [0.1, 0.15) is 17.3 Å². The molecule has 0 saturated heterocycles. The number of ether oxygens (including phenoxy) is 1. The highest BCUT2D eigenvalue weighted by Gasteiger charge is 2.06. The zero-order chi connectivity index (χ0) is 12.0. The molecule has 0 spiro atoms. The van der Waals surface area contributed by atoms with Crippen molar-refractivity contribution >= 4 is 11.7 Å². The molecule has 0 radical (unpaired) electrons. The Morgan fingerprint density at radius 1 is 1.44 bits per heavy atom. The molecule has 0 aliphatic carbocycles. The van der Waals surface area contributed by atoms with Crippen molar-refractivity contribution < 1.29 is 9.53 Å². The molecule has 3 nitrogen and oxygen atoms in total. The highest BCUT2D eigenvalue weighted by Crippen LogP contribution is 2.13. The number of carbonyl (C=O) groups excluding carboxylic acids is 1. The van der Waals surface area contributed by atoms with Gasteiger partial charge >= 0.3 is 5.97 Å². The van der Waals surface area contributed by atoms with E-state index in [4.69, 9.17) is 4.74 Å². The van der Waals surface area contributed by atoms with Crippen LogP contribution in [0.4, 0.5) is 5.69 Å². The summed E-state index contributed by atoms with van der Waals surface area (Å²) in [7, 11) is 2.01. The molecule has 3 heteroatoms. The van der Waals surface area contributed by atoms with Gasteiger partial charge in [-0.3, -0.25) is 0 Å². The Morgan fingerprint density at radius 2 is 2.06 bits per heavy atom. The lowest BCUT2D eigenvalue weighted by molar-refractivity contribution is 0.0550. The molecule has 0 atom stereocenters. The Balaban J connectivity index is 2.70. The number of nitrogens with zero attached hydrogens (tertiary/aromatic N) is 1. The number of rotatable bonds is 5. The average Bonchev–Trinajstić information content (AvgIpc) is 2.35. The molecule has 1 aromatic carbocycles. The molecule has 0 unspecified atom stereocenters. The molecule has 0 bridgehead atoms. The molecular weight excluding hydrogens is 202 g/mol. The van der Waals surface area contributed by atoms with Gasteiger partial charge in [0, 0.05) is 19.3 Å². The molecule has 0 amide bonds. The minimum atomic E-state index is -0.314. The maximum absolute atomic E-state index is 11.5. The average molecular weight is 219 g/mol. The maximum Gasteiger partial charge on any atom is 0.338 e. The van der Waals surface area contributed by atoms with Gasteiger partial charge in [0.1, 0.15) is 6.61 Å². The van der Waals surface area contributed by atoms with Gasteiger partial charge in [-0.1, -0.05) is 12.7 Å². The number of anilines is 1. The second kappa shape index (κ2) is 5.95. The van der Waals surface area contributed by atoms with E-state index >= 15 is 0 Å². The topological polar surface area (TPSA) is 29.5 Å². The van der Waals surface area contributed by atoms with Crippen molar-refractivity contribution in [1.82, 2.24) is 0 Å².